The molecule has 2 heterocycles. The fourth-order valence-corrected chi connectivity index (χ4v) is 2.88. The van der Waals surface area contributed by atoms with Crippen molar-refractivity contribution in [3.8, 4) is 5.75 Å². The van der Waals surface area contributed by atoms with Crippen LogP contribution in [0.3, 0.4) is 0 Å². The molecule has 3 heteroatoms. The van der Waals surface area contributed by atoms with E-state index in [1.807, 2.05) is 19.1 Å². The van der Waals surface area contributed by atoms with Crippen LogP contribution in [0.4, 0.5) is 0 Å². The summed E-state index contributed by atoms with van der Waals surface area (Å²) >= 11 is 3.70. The van der Waals surface area contributed by atoms with E-state index in [-0.39, 0.29) is 10.9 Å². The van der Waals surface area contributed by atoms with Crippen LogP contribution in [0.2, 0.25) is 0 Å². The van der Waals surface area contributed by atoms with Gasteiger partial charge in [-0.15, -0.1) is 0 Å². The van der Waals surface area contributed by atoms with Crippen LogP contribution in [0, 0.1) is 6.92 Å². The van der Waals surface area contributed by atoms with Gasteiger partial charge in [0, 0.05) is 6.42 Å². The summed E-state index contributed by atoms with van der Waals surface area (Å²) in [5.41, 5.74) is 2.49. The molecule has 0 fully saturated rings. The largest absolute Gasteiger partial charge is 0.490 e. The maximum absolute atomic E-state index is 5.71. The quantitative estimate of drug-likeness (QED) is 0.768. The molecule has 1 aromatic heterocycles. The zero-order valence-electron chi connectivity index (χ0n) is 10.4. The van der Waals surface area contributed by atoms with E-state index in [0.29, 0.717) is 0 Å². The molecule has 0 aliphatic carbocycles. The molecule has 2 nitrogen and oxygen atoms in total. The summed E-state index contributed by atoms with van der Waals surface area (Å²) in [6.07, 6.45) is 1.27. The first-order valence-corrected chi connectivity index (χ1v) is 7.05. The number of alkyl halides is 1. The molecule has 1 aromatic carbocycles. The van der Waals surface area contributed by atoms with E-state index in [1.165, 1.54) is 11.1 Å². The van der Waals surface area contributed by atoms with Gasteiger partial charge < -0.3 is 9.15 Å². The smallest absolute Gasteiger partial charge is 0.123 e. The highest BCUT2D eigenvalue weighted by molar-refractivity contribution is 9.09. The Bertz CT molecular complexity index is 574. The number of ether oxygens (including phenoxy) is 1. The second-order valence-corrected chi connectivity index (χ2v) is 5.73. The highest BCUT2D eigenvalue weighted by atomic mass is 79.9. The van der Waals surface area contributed by atoms with Gasteiger partial charge in [0.1, 0.15) is 23.4 Å². The molecule has 0 amide bonds. The number of halogens is 1. The molecule has 1 aliphatic rings. The van der Waals surface area contributed by atoms with Gasteiger partial charge in [-0.05, 0) is 43.2 Å². The lowest BCUT2D eigenvalue weighted by molar-refractivity contribution is 0.254. The van der Waals surface area contributed by atoms with E-state index in [1.54, 1.807) is 0 Å². The zero-order chi connectivity index (χ0) is 12.7. The van der Waals surface area contributed by atoms with Crippen LogP contribution in [0.25, 0.3) is 0 Å². The Morgan fingerprint density at radius 2 is 2.11 bits per heavy atom. The Hall–Kier alpha value is -1.22. The van der Waals surface area contributed by atoms with E-state index in [2.05, 4.69) is 41.1 Å². The number of benzene rings is 1. The van der Waals surface area contributed by atoms with Crippen LogP contribution in [0.15, 0.2) is 34.7 Å². The molecule has 0 bridgehead atoms. The number of fused-ring (bicyclic) bond motifs is 1. The first kappa shape index (κ1) is 11.8. The van der Waals surface area contributed by atoms with Gasteiger partial charge in [0.05, 0.1) is 4.83 Å². The number of furan rings is 1. The van der Waals surface area contributed by atoms with Crippen LogP contribution < -0.4 is 4.74 Å². The lowest BCUT2D eigenvalue weighted by Gasteiger charge is -2.09. The van der Waals surface area contributed by atoms with Crippen molar-refractivity contribution >= 4 is 15.9 Å². The SMILES string of the molecule is Cc1ccc(C(Br)c2ccc3c(c2)CC(C)O3)o1. The Kier molecular flexibility index (Phi) is 2.94. The lowest BCUT2D eigenvalue weighted by atomic mass is 10.0. The zero-order valence-corrected chi connectivity index (χ0v) is 12.0. The van der Waals surface area contributed by atoms with Crippen molar-refractivity contribution in [1.29, 1.82) is 0 Å². The van der Waals surface area contributed by atoms with Crippen molar-refractivity contribution in [2.24, 2.45) is 0 Å². The van der Waals surface area contributed by atoms with Gasteiger partial charge in [-0.1, -0.05) is 28.1 Å². The van der Waals surface area contributed by atoms with Gasteiger partial charge in [0.2, 0.25) is 0 Å². The van der Waals surface area contributed by atoms with Crippen molar-refractivity contribution < 1.29 is 9.15 Å². The maximum Gasteiger partial charge on any atom is 0.123 e. The molecule has 18 heavy (non-hydrogen) atoms. The van der Waals surface area contributed by atoms with Crippen molar-refractivity contribution in [3.63, 3.8) is 0 Å². The first-order valence-electron chi connectivity index (χ1n) is 6.13. The number of hydrogen-bond donors (Lipinski definition) is 0. The molecule has 2 aromatic rings. The standard InChI is InChI=1S/C15H15BrO2/c1-9-3-5-14(17-9)15(16)11-4-6-13-12(8-11)7-10(2)18-13/h3-6,8,10,15H,7H2,1-2H3. The molecule has 1 aliphatic heterocycles. The van der Waals surface area contributed by atoms with Crippen LogP contribution in [0.1, 0.15) is 34.4 Å². The summed E-state index contributed by atoms with van der Waals surface area (Å²) in [6, 6.07) is 10.4. The van der Waals surface area contributed by atoms with Gasteiger partial charge in [-0.25, -0.2) is 0 Å². The molecule has 0 saturated carbocycles. The number of rotatable bonds is 2. The van der Waals surface area contributed by atoms with Crippen molar-refractivity contribution in [2.75, 3.05) is 0 Å². The Labute approximate surface area is 115 Å². The Morgan fingerprint density at radius 3 is 2.83 bits per heavy atom. The average molecular weight is 307 g/mol. The van der Waals surface area contributed by atoms with Gasteiger partial charge in [-0.3, -0.25) is 0 Å². The molecule has 0 N–H and O–H groups in total. The Morgan fingerprint density at radius 1 is 1.28 bits per heavy atom. The molecule has 3 rings (SSSR count). The van der Waals surface area contributed by atoms with Gasteiger partial charge in [0.25, 0.3) is 0 Å². The van der Waals surface area contributed by atoms with Crippen molar-refractivity contribution in [1.82, 2.24) is 0 Å². The van der Waals surface area contributed by atoms with Crippen molar-refractivity contribution in [2.45, 2.75) is 31.2 Å². The summed E-state index contributed by atoms with van der Waals surface area (Å²) in [6.45, 7) is 4.06. The normalized spacial score (nSPS) is 19.4. The third-order valence-electron chi connectivity index (χ3n) is 3.22. The molecular weight excluding hydrogens is 292 g/mol. The average Bonchev–Trinajstić information content (AvgIpc) is 2.92. The van der Waals surface area contributed by atoms with Gasteiger partial charge in [-0.2, -0.15) is 0 Å². The second kappa shape index (κ2) is 4.47. The van der Waals surface area contributed by atoms with E-state index in [0.717, 1.165) is 23.7 Å². The summed E-state index contributed by atoms with van der Waals surface area (Å²) < 4.78 is 11.4. The topological polar surface area (TPSA) is 22.4 Å². The molecule has 0 saturated heterocycles. The van der Waals surface area contributed by atoms with Crippen LogP contribution in [0.5, 0.6) is 5.75 Å². The first-order chi connectivity index (χ1) is 8.63. The predicted molar refractivity (Wildman–Crippen MR) is 74.5 cm³/mol. The van der Waals surface area contributed by atoms with E-state index < -0.39 is 0 Å². The summed E-state index contributed by atoms with van der Waals surface area (Å²) in [5.74, 6) is 2.90. The van der Waals surface area contributed by atoms with Gasteiger partial charge in [0.15, 0.2) is 0 Å². The second-order valence-electron chi connectivity index (χ2n) is 4.81. The molecular formula is C15H15BrO2. The Balaban J connectivity index is 1.91. The fourth-order valence-electron chi connectivity index (χ4n) is 2.35. The van der Waals surface area contributed by atoms with Crippen molar-refractivity contribution in [3.05, 3.63) is 53.0 Å². The van der Waals surface area contributed by atoms with E-state index in [9.17, 15) is 0 Å². The number of hydrogen-bond acceptors (Lipinski definition) is 2. The minimum atomic E-state index is 0.104. The van der Waals surface area contributed by atoms with Crippen LogP contribution >= 0.6 is 15.9 Å². The molecule has 0 radical (unpaired) electrons. The third kappa shape index (κ3) is 2.07. The van der Waals surface area contributed by atoms with Crippen LogP contribution in [-0.2, 0) is 6.42 Å². The molecule has 2 atom stereocenters. The van der Waals surface area contributed by atoms with E-state index >= 15 is 0 Å². The minimum Gasteiger partial charge on any atom is -0.490 e. The van der Waals surface area contributed by atoms with Gasteiger partial charge >= 0.3 is 0 Å². The highest BCUT2D eigenvalue weighted by Gasteiger charge is 2.21. The lowest BCUT2D eigenvalue weighted by Crippen LogP contribution is -2.05. The summed E-state index contributed by atoms with van der Waals surface area (Å²) in [4.78, 5) is 0.104. The summed E-state index contributed by atoms with van der Waals surface area (Å²) in [7, 11) is 0. The van der Waals surface area contributed by atoms with E-state index in [4.69, 9.17) is 9.15 Å². The molecule has 2 unspecified atom stereocenters. The highest BCUT2D eigenvalue weighted by Crippen LogP contribution is 2.36. The predicted octanol–water partition coefficient (Wildman–Crippen LogP) is 4.40. The fraction of sp³-hybridized carbons (Fsp3) is 0.333. The molecule has 94 valence electrons. The van der Waals surface area contributed by atoms with Crippen LogP contribution in [-0.4, -0.2) is 6.10 Å². The minimum absolute atomic E-state index is 0.104. The maximum atomic E-state index is 5.71. The monoisotopic (exact) mass is 306 g/mol. The molecule has 0 spiro atoms. The third-order valence-corrected chi connectivity index (χ3v) is 4.20. The summed E-state index contributed by atoms with van der Waals surface area (Å²) in [5, 5.41) is 0. The number of aryl methyl sites for hydroxylation is 1.